The van der Waals surface area contributed by atoms with E-state index in [2.05, 4.69) is 41.6 Å². The van der Waals surface area contributed by atoms with Gasteiger partial charge in [-0.25, -0.2) is 15.0 Å². The van der Waals surface area contributed by atoms with Crippen molar-refractivity contribution in [3.63, 3.8) is 0 Å². The molecule has 0 N–H and O–H groups in total. The van der Waals surface area contributed by atoms with Crippen molar-refractivity contribution in [2.45, 2.75) is 31.7 Å². The molecule has 0 aliphatic carbocycles. The van der Waals surface area contributed by atoms with Gasteiger partial charge in [0, 0.05) is 50.7 Å². The topological polar surface area (TPSA) is 50.1 Å². The molecule has 4 rings (SSSR count). The van der Waals surface area contributed by atoms with Crippen LogP contribution in [0.4, 0.5) is 11.6 Å². The number of hydrogen-bond donors (Lipinski definition) is 0. The predicted molar refractivity (Wildman–Crippen MR) is 86.2 cm³/mol. The van der Waals surface area contributed by atoms with Gasteiger partial charge in [0.05, 0.1) is 6.33 Å². The Hall–Kier alpha value is -2.11. The van der Waals surface area contributed by atoms with Crippen LogP contribution in [0.5, 0.6) is 0 Å². The lowest BCUT2D eigenvalue weighted by Crippen LogP contribution is -2.35. The largest absolute Gasteiger partial charge is 0.356 e. The summed E-state index contributed by atoms with van der Waals surface area (Å²) in [6.45, 7) is 4.33. The van der Waals surface area contributed by atoms with E-state index in [-0.39, 0.29) is 0 Å². The molecular weight excluding hydrogens is 276 g/mol. The highest BCUT2D eigenvalue weighted by atomic mass is 15.2. The smallest absolute Gasteiger partial charge is 0.134 e. The standard InChI is InChI=1S/C16H22N6/c1-2-7-20(6-1)15-11-16(19-12-18-15)21-8-3-14(4-9-21)22-10-5-17-13-22/h5,10-14H,1-4,6-9H2. The monoisotopic (exact) mass is 298 g/mol. The van der Waals surface area contributed by atoms with Crippen molar-refractivity contribution < 1.29 is 0 Å². The summed E-state index contributed by atoms with van der Waals surface area (Å²) in [4.78, 5) is 17.8. The van der Waals surface area contributed by atoms with E-state index in [0.717, 1.165) is 50.7 Å². The maximum Gasteiger partial charge on any atom is 0.134 e. The van der Waals surface area contributed by atoms with Crippen LogP contribution < -0.4 is 9.80 Å². The molecule has 6 heteroatoms. The summed E-state index contributed by atoms with van der Waals surface area (Å²) in [6.07, 6.45) is 12.4. The molecule has 2 aliphatic heterocycles. The fourth-order valence-electron chi connectivity index (χ4n) is 3.51. The minimum atomic E-state index is 0.568. The summed E-state index contributed by atoms with van der Waals surface area (Å²) in [5.74, 6) is 2.15. The lowest BCUT2D eigenvalue weighted by molar-refractivity contribution is 0.394. The Bertz CT molecular complexity index is 597. The molecule has 0 atom stereocenters. The van der Waals surface area contributed by atoms with Gasteiger partial charge in [-0.2, -0.15) is 0 Å². The molecule has 0 bridgehead atoms. The first kappa shape index (κ1) is 13.5. The minimum absolute atomic E-state index is 0.568. The summed E-state index contributed by atoms with van der Waals surface area (Å²) < 4.78 is 2.23. The highest BCUT2D eigenvalue weighted by Gasteiger charge is 2.22. The van der Waals surface area contributed by atoms with Crippen LogP contribution in [0.25, 0.3) is 0 Å². The Morgan fingerprint density at radius 1 is 0.909 bits per heavy atom. The summed E-state index contributed by atoms with van der Waals surface area (Å²) in [7, 11) is 0. The van der Waals surface area contributed by atoms with Gasteiger partial charge >= 0.3 is 0 Å². The molecule has 2 saturated heterocycles. The average Bonchev–Trinajstić information content (AvgIpc) is 3.29. The highest BCUT2D eigenvalue weighted by Crippen LogP contribution is 2.27. The molecular formula is C16H22N6. The van der Waals surface area contributed by atoms with Crippen LogP contribution in [0.1, 0.15) is 31.7 Å². The molecule has 6 nitrogen and oxygen atoms in total. The molecule has 0 radical (unpaired) electrons. The number of nitrogens with zero attached hydrogens (tertiary/aromatic N) is 6. The van der Waals surface area contributed by atoms with E-state index in [1.165, 1.54) is 12.8 Å². The van der Waals surface area contributed by atoms with Gasteiger partial charge in [-0.05, 0) is 25.7 Å². The Morgan fingerprint density at radius 3 is 2.23 bits per heavy atom. The third-order valence-corrected chi connectivity index (χ3v) is 4.80. The number of piperidine rings is 1. The molecule has 0 unspecified atom stereocenters. The fraction of sp³-hybridized carbons (Fsp3) is 0.562. The van der Waals surface area contributed by atoms with Gasteiger partial charge in [0.2, 0.25) is 0 Å². The lowest BCUT2D eigenvalue weighted by Gasteiger charge is -2.33. The van der Waals surface area contributed by atoms with Crippen LogP contribution in [0.2, 0.25) is 0 Å². The van der Waals surface area contributed by atoms with E-state index in [1.54, 1.807) is 6.33 Å². The first-order valence-electron chi connectivity index (χ1n) is 8.19. The minimum Gasteiger partial charge on any atom is -0.356 e. The Labute approximate surface area is 130 Å². The average molecular weight is 298 g/mol. The molecule has 116 valence electrons. The zero-order valence-electron chi connectivity index (χ0n) is 12.8. The van der Waals surface area contributed by atoms with Gasteiger partial charge in [-0.3, -0.25) is 0 Å². The van der Waals surface area contributed by atoms with Crippen LogP contribution >= 0.6 is 0 Å². The number of rotatable bonds is 3. The second-order valence-corrected chi connectivity index (χ2v) is 6.16. The number of imidazole rings is 1. The van der Waals surface area contributed by atoms with Gasteiger partial charge in [-0.1, -0.05) is 0 Å². The molecule has 0 amide bonds. The SMILES string of the molecule is c1cn(C2CCN(c3cc(N4CCCC4)ncn3)CC2)cn1. The van der Waals surface area contributed by atoms with Crippen molar-refractivity contribution in [1.29, 1.82) is 0 Å². The van der Waals surface area contributed by atoms with E-state index >= 15 is 0 Å². The zero-order chi connectivity index (χ0) is 14.8. The van der Waals surface area contributed by atoms with Crippen molar-refractivity contribution >= 4 is 11.6 Å². The number of aromatic nitrogens is 4. The second-order valence-electron chi connectivity index (χ2n) is 6.16. The predicted octanol–water partition coefficient (Wildman–Crippen LogP) is 2.11. The van der Waals surface area contributed by atoms with E-state index in [1.807, 2.05) is 12.5 Å². The summed E-state index contributed by atoms with van der Waals surface area (Å²) in [6, 6.07) is 2.72. The first-order chi connectivity index (χ1) is 10.9. The third-order valence-electron chi connectivity index (χ3n) is 4.80. The van der Waals surface area contributed by atoms with Crippen molar-refractivity contribution in [2.75, 3.05) is 36.0 Å². The molecule has 0 aromatic carbocycles. The van der Waals surface area contributed by atoms with Crippen LogP contribution in [0.3, 0.4) is 0 Å². The molecule has 0 spiro atoms. The number of hydrogen-bond acceptors (Lipinski definition) is 5. The molecule has 22 heavy (non-hydrogen) atoms. The lowest BCUT2D eigenvalue weighted by atomic mass is 10.1. The maximum absolute atomic E-state index is 4.49. The Morgan fingerprint density at radius 2 is 1.59 bits per heavy atom. The van der Waals surface area contributed by atoms with Crippen LogP contribution in [0.15, 0.2) is 31.1 Å². The van der Waals surface area contributed by atoms with E-state index in [4.69, 9.17) is 0 Å². The van der Waals surface area contributed by atoms with E-state index in [0.29, 0.717) is 6.04 Å². The molecule has 2 aromatic heterocycles. The van der Waals surface area contributed by atoms with E-state index < -0.39 is 0 Å². The van der Waals surface area contributed by atoms with Crippen molar-refractivity contribution in [3.05, 3.63) is 31.1 Å². The normalized spacial score (nSPS) is 19.8. The molecule has 2 aromatic rings. The fourth-order valence-corrected chi connectivity index (χ4v) is 3.51. The summed E-state index contributed by atoms with van der Waals surface area (Å²) in [5, 5.41) is 0. The molecule has 2 fully saturated rings. The Balaban J connectivity index is 1.43. The van der Waals surface area contributed by atoms with Crippen LogP contribution in [0, 0.1) is 0 Å². The van der Waals surface area contributed by atoms with Crippen LogP contribution in [-0.2, 0) is 0 Å². The first-order valence-corrected chi connectivity index (χ1v) is 8.19. The van der Waals surface area contributed by atoms with Gasteiger partial charge in [0.15, 0.2) is 0 Å². The summed E-state index contributed by atoms with van der Waals surface area (Å²) >= 11 is 0. The molecule has 2 aliphatic rings. The van der Waals surface area contributed by atoms with Crippen molar-refractivity contribution in [2.24, 2.45) is 0 Å². The Kier molecular flexibility index (Phi) is 3.66. The number of anilines is 2. The van der Waals surface area contributed by atoms with Gasteiger partial charge in [0.1, 0.15) is 18.0 Å². The second kappa shape index (κ2) is 5.94. The van der Waals surface area contributed by atoms with Crippen molar-refractivity contribution in [3.8, 4) is 0 Å². The summed E-state index contributed by atoms with van der Waals surface area (Å²) in [5.41, 5.74) is 0. The van der Waals surface area contributed by atoms with Crippen LogP contribution in [-0.4, -0.2) is 45.7 Å². The van der Waals surface area contributed by atoms with Gasteiger partial charge in [-0.15, -0.1) is 0 Å². The maximum atomic E-state index is 4.49. The molecule has 4 heterocycles. The van der Waals surface area contributed by atoms with Gasteiger partial charge in [0.25, 0.3) is 0 Å². The third kappa shape index (κ3) is 2.65. The highest BCUT2D eigenvalue weighted by molar-refractivity contribution is 5.50. The zero-order valence-corrected chi connectivity index (χ0v) is 12.8. The van der Waals surface area contributed by atoms with Gasteiger partial charge < -0.3 is 14.4 Å². The van der Waals surface area contributed by atoms with Crippen molar-refractivity contribution in [1.82, 2.24) is 19.5 Å². The quantitative estimate of drug-likeness (QED) is 0.868. The molecule has 0 saturated carbocycles. The van der Waals surface area contributed by atoms with E-state index in [9.17, 15) is 0 Å².